The zero-order chi connectivity index (χ0) is 14.7. The minimum atomic E-state index is 0.0976. The van der Waals surface area contributed by atoms with Crippen molar-refractivity contribution < 1.29 is 4.74 Å². The van der Waals surface area contributed by atoms with E-state index in [9.17, 15) is 5.26 Å². The number of methoxy groups -OCH3 is 1. The highest BCUT2D eigenvalue weighted by atomic mass is 32.1. The summed E-state index contributed by atoms with van der Waals surface area (Å²) in [4.78, 5) is 5.63. The number of hydrogen-bond acceptors (Lipinski definition) is 5. The van der Waals surface area contributed by atoms with Crippen molar-refractivity contribution in [2.45, 2.75) is 26.8 Å². The van der Waals surface area contributed by atoms with E-state index in [0.29, 0.717) is 5.56 Å². The van der Waals surface area contributed by atoms with Crippen LogP contribution < -0.4 is 10.1 Å². The van der Waals surface area contributed by atoms with Crippen LogP contribution in [-0.4, -0.2) is 12.1 Å². The maximum atomic E-state index is 9.18. The Hall–Kier alpha value is -2.06. The second kappa shape index (κ2) is 5.93. The molecule has 2 rings (SSSR count). The Balaban J connectivity index is 2.29. The van der Waals surface area contributed by atoms with Crippen LogP contribution >= 0.6 is 11.3 Å². The Morgan fingerprint density at radius 1 is 1.40 bits per heavy atom. The zero-order valence-corrected chi connectivity index (χ0v) is 12.8. The van der Waals surface area contributed by atoms with Crippen LogP contribution in [0.5, 0.6) is 5.75 Å². The van der Waals surface area contributed by atoms with Gasteiger partial charge in [0.05, 0.1) is 35.1 Å². The Labute approximate surface area is 123 Å². The normalized spacial score (nSPS) is 11.8. The summed E-state index contributed by atoms with van der Waals surface area (Å²) in [6.07, 6.45) is 0. The summed E-state index contributed by atoms with van der Waals surface area (Å²) >= 11 is 1.68. The lowest BCUT2D eigenvalue weighted by Gasteiger charge is -2.16. The number of nitrogens with zero attached hydrogens (tertiary/aromatic N) is 2. The van der Waals surface area contributed by atoms with Crippen molar-refractivity contribution in [3.63, 3.8) is 0 Å². The Kier molecular flexibility index (Phi) is 4.26. The standard InChI is InChI=1S/C15H17N3OS/c1-9-15(20-11(3)17-9)10(2)18-14-7-13(19-4)6-5-12(14)8-16/h5-7,10,18H,1-4H3. The maximum Gasteiger partial charge on any atom is 0.121 e. The second-order valence-electron chi connectivity index (χ2n) is 4.57. The number of ether oxygens (including phenoxy) is 1. The fraction of sp³-hybridized carbons (Fsp3) is 0.333. The van der Waals surface area contributed by atoms with Crippen LogP contribution in [0, 0.1) is 25.2 Å². The first-order valence-corrected chi connectivity index (χ1v) is 7.15. The van der Waals surface area contributed by atoms with Crippen molar-refractivity contribution in [3.8, 4) is 11.8 Å². The van der Waals surface area contributed by atoms with Gasteiger partial charge in [-0.1, -0.05) is 0 Å². The van der Waals surface area contributed by atoms with Crippen molar-refractivity contribution >= 4 is 17.0 Å². The van der Waals surface area contributed by atoms with Crippen LogP contribution in [0.25, 0.3) is 0 Å². The first kappa shape index (κ1) is 14.4. The van der Waals surface area contributed by atoms with E-state index in [2.05, 4.69) is 23.3 Å². The average Bonchev–Trinajstić information content (AvgIpc) is 2.77. The molecule has 104 valence electrons. The van der Waals surface area contributed by atoms with E-state index in [0.717, 1.165) is 22.1 Å². The predicted molar refractivity (Wildman–Crippen MR) is 81.3 cm³/mol. The summed E-state index contributed by atoms with van der Waals surface area (Å²) in [5.74, 6) is 0.732. The highest BCUT2D eigenvalue weighted by molar-refractivity contribution is 7.11. The average molecular weight is 287 g/mol. The Morgan fingerprint density at radius 2 is 2.15 bits per heavy atom. The van der Waals surface area contributed by atoms with Gasteiger partial charge in [-0.25, -0.2) is 4.98 Å². The van der Waals surface area contributed by atoms with Crippen LogP contribution in [-0.2, 0) is 0 Å². The van der Waals surface area contributed by atoms with Gasteiger partial charge in [0.15, 0.2) is 0 Å². The molecule has 1 aromatic heterocycles. The number of thiazole rings is 1. The predicted octanol–water partition coefficient (Wildman–Crippen LogP) is 3.81. The highest BCUT2D eigenvalue weighted by Crippen LogP contribution is 2.30. The molecule has 1 unspecified atom stereocenters. The van der Waals surface area contributed by atoms with Crippen LogP contribution in [0.4, 0.5) is 5.69 Å². The summed E-state index contributed by atoms with van der Waals surface area (Å²) in [7, 11) is 1.62. The van der Waals surface area contributed by atoms with Gasteiger partial charge in [0.2, 0.25) is 0 Å². The number of nitriles is 1. The SMILES string of the molecule is COc1ccc(C#N)c(NC(C)c2sc(C)nc2C)c1. The van der Waals surface area contributed by atoms with Crippen molar-refractivity contribution in [2.24, 2.45) is 0 Å². The molecule has 0 radical (unpaired) electrons. The van der Waals surface area contributed by atoms with Gasteiger partial charge in [-0.15, -0.1) is 11.3 Å². The number of aromatic nitrogens is 1. The summed E-state index contributed by atoms with van der Waals surface area (Å²) in [6.45, 7) is 6.08. The topological polar surface area (TPSA) is 57.9 Å². The maximum absolute atomic E-state index is 9.18. The van der Waals surface area contributed by atoms with Crippen LogP contribution in [0.2, 0.25) is 0 Å². The van der Waals surface area contributed by atoms with Gasteiger partial charge in [-0.2, -0.15) is 5.26 Å². The molecule has 0 amide bonds. The molecule has 0 spiro atoms. The minimum Gasteiger partial charge on any atom is -0.497 e. The molecule has 4 nitrogen and oxygen atoms in total. The van der Waals surface area contributed by atoms with Crippen molar-refractivity contribution in [2.75, 3.05) is 12.4 Å². The largest absolute Gasteiger partial charge is 0.497 e. The Morgan fingerprint density at radius 3 is 2.70 bits per heavy atom. The minimum absolute atomic E-state index is 0.0976. The molecule has 20 heavy (non-hydrogen) atoms. The van der Waals surface area contributed by atoms with E-state index in [-0.39, 0.29) is 6.04 Å². The third kappa shape index (κ3) is 2.91. The molecule has 0 aliphatic rings. The van der Waals surface area contributed by atoms with Crippen molar-refractivity contribution in [1.82, 2.24) is 4.98 Å². The number of aryl methyl sites for hydroxylation is 2. The number of nitrogens with one attached hydrogen (secondary N) is 1. The van der Waals surface area contributed by atoms with E-state index in [1.807, 2.05) is 19.9 Å². The summed E-state index contributed by atoms with van der Waals surface area (Å²) in [6, 6.07) is 7.69. The van der Waals surface area contributed by atoms with Crippen LogP contribution in [0.3, 0.4) is 0 Å². The molecule has 5 heteroatoms. The lowest BCUT2D eigenvalue weighted by molar-refractivity contribution is 0.415. The van der Waals surface area contributed by atoms with Crippen LogP contribution in [0.1, 0.15) is 34.1 Å². The zero-order valence-electron chi connectivity index (χ0n) is 12.0. The fourth-order valence-electron chi connectivity index (χ4n) is 2.11. The molecule has 1 N–H and O–H groups in total. The lowest BCUT2D eigenvalue weighted by atomic mass is 10.1. The molecule has 1 aromatic carbocycles. The van der Waals surface area contributed by atoms with Gasteiger partial charge in [0, 0.05) is 10.9 Å². The molecule has 0 bridgehead atoms. The fourth-order valence-corrected chi connectivity index (χ4v) is 3.04. The van der Waals surface area contributed by atoms with E-state index in [4.69, 9.17) is 4.74 Å². The van der Waals surface area contributed by atoms with Gasteiger partial charge in [-0.3, -0.25) is 0 Å². The van der Waals surface area contributed by atoms with Crippen LogP contribution in [0.15, 0.2) is 18.2 Å². The third-order valence-corrected chi connectivity index (χ3v) is 4.31. The third-order valence-electron chi connectivity index (χ3n) is 3.05. The molecule has 2 aromatic rings. The highest BCUT2D eigenvalue weighted by Gasteiger charge is 2.14. The van der Waals surface area contributed by atoms with Gasteiger partial charge in [-0.05, 0) is 32.9 Å². The molecular weight excluding hydrogens is 270 g/mol. The van der Waals surface area contributed by atoms with E-state index in [1.54, 1.807) is 30.6 Å². The number of rotatable bonds is 4. The first-order valence-electron chi connectivity index (χ1n) is 6.33. The molecule has 1 heterocycles. The first-order chi connectivity index (χ1) is 9.55. The monoisotopic (exact) mass is 287 g/mol. The van der Waals surface area contributed by atoms with E-state index >= 15 is 0 Å². The molecular formula is C15H17N3OS. The lowest BCUT2D eigenvalue weighted by Crippen LogP contribution is -2.07. The molecule has 0 saturated carbocycles. The molecule has 0 aliphatic carbocycles. The van der Waals surface area contributed by atoms with E-state index < -0.39 is 0 Å². The summed E-state index contributed by atoms with van der Waals surface area (Å²) in [5, 5.41) is 13.6. The van der Waals surface area contributed by atoms with Gasteiger partial charge in [0.1, 0.15) is 11.8 Å². The summed E-state index contributed by atoms with van der Waals surface area (Å²) in [5.41, 5.74) is 2.43. The Bertz CT molecular complexity index is 658. The van der Waals surface area contributed by atoms with Gasteiger partial charge in [0.25, 0.3) is 0 Å². The summed E-state index contributed by atoms with van der Waals surface area (Å²) < 4.78 is 5.21. The van der Waals surface area contributed by atoms with Gasteiger partial charge < -0.3 is 10.1 Å². The van der Waals surface area contributed by atoms with Crippen molar-refractivity contribution in [3.05, 3.63) is 39.3 Å². The number of hydrogen-bond donors (Lipinski definition) is 1. The smallest absolute Gasteiger partial charge is 0.121 e. The molecule has 0 fully saturated rings. The van der Waals surface area contributed by atoms with Gasteiger partial charge >= 0.3 is 0 Å². The van der Waals surface area contributed by atoms with Crippen molar-refractivity contribution in [1.29, 1.82) is 5.26 Å². The quantitative estimate of drug-likeness (QED) is 0.929. The number of anilines is 1. The molecule has 0 saturated heterocycles. The molecule has 1 atom stereocenters. The number of benzene rings is 1. The second-order valence-corrected chi connectivity index (χ2v) is 5.81. The van der Waals surface area contributed by atoms with E-state index in [1.165, 1.54) is 4.88 Å². The molecule has 0 aliphatic heterocycles.